The Kier molecular flexibility index (Phi) is 4.78. The lowest BCUT2D eigenvalue weighted by atomic mass is 10.1. The number of carbonyl (C=O) groups excluding carboxylic acids is 1. The number of halogens is 1. The highest BCUT2D eigenvalue weighted by Gasteiger charge is 2.43. The van der Waals surface area contributed by atoms with Gasteiger partial charge in [0.25, 0.3) is 0 Å². The van der Waals surface area contributed by atoms with E-state index in [4.69, 9.17) is 16.9 Å². The van der Waals surface area contributed by atoms with Crippen LogP contribution in [0.2, 0.25) is 5.02 Å². The molecule has 0 aliphatic carbocycles. The molecule has 0 bridgehead atoms. The first-order valence-corrected chi connectivity index (χ1v) is 10.6. The van der Waals surface area contributed by atoms with Gasteiger partial charge < -0.3 is 5.32 Å². The largest absolute Gasteiger partial charge is 0.325 e. The van der Waals surface area contributed by atoms with E-state index in [1.165, 1.54) is 16.4 Å². The zero-order valence-corrected chi connectivity index (χ0v) is 16.9. The molecule has 2 heterocycles. The molecule has 10 heteroatoms. The van der Waals surface area contributed by atoms with E-state index >= 15 is 0 Å². The summed E-state index contributed by atoms with van der Waals surface area (Å²) in [7, 11) is -3.89. The summed E-state index contributed by atoms with van der Waals surface area (Å²) in [5, 5.41) is 19.2. The molecule has 3 aromatic rings. The number of nitriles is 1. The zero-order valence-electron chi connectivity index (χ0n) is 15.3. The van der Waals surface area contributed by atoms with E-state index in [9.17, 15) is 13.2 Å². The molecule has 0 spiro atoms. The third-order valence-electron chi connectivity index (χ3n) is 4.87. The number of fused-ring (bicyclic) bond motifs is 1. The maximum Gasteiger partial charge on any atom is 0.245 e. The van der Waals surface area contributed by atoms with Gasteiger partial charge in [-0.05, 0) is 49.2 Å². The Morgan fingerprint density at radius 2 is 2.17 bits per heavy atom. The van der Waals surface area contributed by atoms with E-state index in [2.05, 4.69) is 15.5 Å². The highest BCUT2D eigenvalue weighted by atomic mass is 35.5. The molecular formula is C19H16ClN5O3S. The number of aromatic nitrogens is 2. The van der Waals surface area contributed by atoms with Crippen molar-refractivity contribution in [3.8, 4) is 6.07 Å². The molecule has 1 fully saturated rings. The van der Waals surface area contributed by atoms with Crippen molar-refractivity contribution in [1.29, 1.82) is 5.26 Å². The van der Waals surface area contributed by atoms with Gasteiger partial charge in [-0.1, -0.05) is 11.6 Å². The van der Waals surface area contributed by atoms with Crippen molar-refractivity contribution >= 4 is 44.1 Å². The number of aryl methyl sites for hydroxylation is 1. The minimum atomic E-state index is -3.89. The van der Waals surface area contributed by atoms with Gasteiger partial charge in [0.2, 0.25) is 15.9 Å². The van der Waals surface area contributed by atoms with Crippen LogP contribution in [-0.2, 0) is 14.8 Å². The molecule has 148 valence electrons. The number of benzene rings is 2. The zero-order chi connectivity index (χ0) is 20.8. The molecule has 4 rings (SSSR count). The lowest BCUT2D eigenvalue weighted by Gasteiger charge is -2.38. The van der Waals surface area contributed by atoms with Crippen LogP contribution in [0, 0.1) is 18.3 Å². The van der Waals surface area contributed by atoms with Crippen LogP contribution < -0.4 is 5.32 Å². The third kappa shape index (κ3) is 3.35. The second kappa shape index (κ2) is 7.15. The van der Waals surface area contributed by atoms with E-state index < -0.39 is 22.0 Å². The number of nitrogens with zero attached hydrogens (tertiary/aromatic N) is 3. The summed E-state index contributed by atoms with van der Waals surface area (Å²) in [6.45, 7) is 2.05. The van der Waals surface area contributed by atoms with Crippen LogP contribution in [0.15, 0.2) is 41.4 Å². The van der Waals surface area contributed by atoms with E-state index in [1.54, 1.807) is 25.3 Å². The van der Waals surface area contributed by atoms with Crippen molar-refractivity contribution in [1.82, 2.24) is 14.5 Å². The van der Waals surface area contributed by atoms with Crippen molar-refractivity contribution in [3.05, 3.63) is 52.7 Å². The molecule has 0 radical (unpaired) electrons. The number of nitrogens with one attached hydrogen (secondary N) is 2. The first-order chi connectivity index (χ1) is 13.8. The second-order valence-corrected chi connectivity index (χ2v) is 9.08. The van der Waals surface area contributed by atoms with Crippen LogP contribution in [0.1, 0.15) is 17.5 Å². The van der Waals surface area contributed by atoms with Crippen LogP contribution in [0.25, 0.3) is 10.9 Å². The fourth-order valence-corrected chi connectivity index (χ4v) is 5.43. The number of H-pyrrole nitrogens is 1. The van der Waals surface area contributed by atoms with Crippen LogP contribution in [0.3, 0.4) is 0 Å². The highest BCUT2D eigenvalue weighted by molar-refractivity contribution is 7.89. The fraction of sp³-hybridized carbons (Fsp3) is 0.211. The summed E-state index contributed by atoms with van der Waals surface area (Å²) < 4.78 is 27.6. The molecule has 2 N–H and O–H groups in total. The Labute approximate surface area is 172 Å². The van der Waals surface area contributed by atoms with Gasteiger partial charge in [0.05, 0.1) is 22.3 Å². The summed E-state index contributed by atoms with van der Waals surface area (Å²) in [4.78, 5) is 12.8. The SMILES string of the molecule is Cc1cc(S(=O)(=O)N2CC[C@H]2C(=O)Nc2ccc(C#N)c(Cl)c2)c2[nH]ncc2c1. The monoisotopic (exact) mass is 429 g/mol. The Balaban J connectivity index is 1.60. The van der Waals surface area contributed by atoms with Gasteiger partial charge in [-0.2, -0.15) is 14.7 Å². The van der Waals surface area contributed by atoms with Gasteiger partial charge in [0.15, 0.2) is 0 Å². The average molecular weight is 430 g/mol. The topological polar surface area (TPSA) is 119 Å². The van der Waals surface area contributed by atoms with Gasteiger partial charge in [0, 0.05) is 17.6 Å². The van der Waals surface area contributed by atoms with Crippen molar-refractivity contribution in [2.45, 2.75) is 24.3 Å². The van der Waals surface area contributed by atoms with Crippen LogP contribution in [0.5, 0.6) is 0 Å². The van der Waals surface area contributed by atoms with Crippen LogP contribution >= 0.6 is 11.6 Å². The maximum absolute atomic E-state index is 13.2. The number of hydrogen-bond acceptors (Lipinski definition) is 5. The molecule has 0 unspecified atom stereocenters. The molecule has 1 atom stereocenters. The second-order valence-electron chi connectivity index (χ2n) is 6.81. The number of aromatic amines is 1. The summed E-state index contributed by atoms with van der Waals surface area (Å²) >= 11 is 5.99. The quantitative estimate of drug-likeness (QED) is 0.660. The maximum atomic E-state index is 13.2. The molecule has 2 aromatic carbocycles. The molecule has 1 amide bonds. The van der Waals surface area contributed by atoms with Gasteiger partial charge in [-0.3, -0.25) is 9.89 Å². The number of carbonyl (C=O) groups is 1. The first kappa shape index (κ1) is 19.4. The van der Waals surface area contributed by atoms with Gasteiger partial charge in [0.1, 0.15) is 17.0 Å². The molecule has 1 aliphatic heterocycles. The number of hydrogen-bond donors (Lipinski definition) is 2. The molecule has 0 saturated carbocycles. The molecule has 8 nitrogen and oxygen atoms in total. The minimum absolute atomic E-state index is 0.101. The number of rotatable bonds is 4. The first-order valence-electron chi connectivity index (χ1n) is 8.77. The van der Waals surface area contributed by atoms with Gasteiger partial charge >= 0.3 is 0 Å². The fourth-order valence-electron chi connectivity index (χ4n) is 3.32. The third-order valence-corrected chi connectivity index (χ3v) is 7.12. The predicted octanol–water partition coefficient (Wildman–Crippen LogP) is 2.80. The molecule has 1 saturated heterocycles. The molecule has 29 heavy (non-hydrogen) atoms. The summed E-state index contributed by atoms with van der Waals surface area (Å²) in [5.74, 6) is -0.450. The summed E-state index contributed by atoms with van der Waals surface area (Å²) in [6.07, 6.45) is 1.98. The number of anilines is 1. The Bertz CT molecular complexity index is 1280. The lowest BCUT2D eigenvalue weighted by Crippen LogP contribution is -2.56. The van der Waals surface area contributed by atoms with E-state index in [0.29, 0.717) is 28.6 Å². The Morgan fingerprint density at radius 1 is 1.38 bits per heavy atom. The standard InChI is InChI=1S/C19H16ClN5O3S/c1-11-6-13-10-22-24-18(13)17(7-11)29(27,28)25-5-4-16(25)19(26)23-14-3-2-12(9-21)15(20)8-14/h2-3,6-8,10,16H,4-5H2,1H3,(H,22,24)(H,23,26)/t16-/m0/s1. The smallest absolute Gasteiger partial charge is 0.245 e. The molecule has 1 aromatic heterocycles. The lowest BCUT2D eigenvalue weighted by molar-refractivity contribution is -0.122. The Morgan fingerprint density at radius 3 is 2.83 bits per heavy atom. The Hall–Kier alpha value is -2.93. The molecule has 1 aliphatic rings. The van der Waals surface area contributed by atoms with Gasteiger partial charge in [-0.25, -0.2) is 8.42 Å². The van der Waals surface area contributed by atoms with E-state index in [0.717, 1.165) is 5.56 Å². The molecular weight excluding hydrogens is 414 g/mol. The highest BCUT2D eigenvalue weighted by Crippen LogP contribution is 2.32. The summed E-state index contributed by atoms with van der Waals surface area (Å²) in [5.41, 5.74) is 1.89. The van der Waals surface area contributed by atoms with Crippen molar-refractivity contribution < 1.29 is 13.2 Å². The number of amides is 1. The van der Waals surface area contributed by atoms with Crippen molar-refractivity contribution in [2.75, 3.05) is 11.9 Å². The normalized spacial score (nSPS) is 16.9. The van der Waals surface area contributed by atoms with Crippen LogP contribution in [-0.4, -0.2) is 41.4 Å². The van der Waals surface area contributed by atoms with Crippen LogP contribution in [0.4, 0.5) is 5.69 Å². The van der Waals surface area contributed by atoms with Crippen molar-refractivity contribution in [2.24, 2.45) is 0 Å². The summed E-state index contributed by atoms with van der Waals surface area (Å²) in [6, 6.07) is 9.04. The van der Waals surface area contributed by atoms with E-state index in [-0.39, 0.29) is 16.5 Å². The van der Waals surface area contributed by atoms with Gasteiger partial charge in [-0.15, -0.1) is 0 Å². The minimum Gasteiger partial charge on any atom is -0.325 e. The predicted molar refractivity (Wildman–Crippen MR) is 108 cm³/mol. The average Bonchev–Trinajstić information content (AvgIpc) is 3.07. The van der Waals surface area contributed by atoms with Crippen molar-refractivity contribution in [3.63, 3.8) is 0 Å². The van der Waals surface area contributed by atoms with E-state index in [1.807, 2.05) is 12.1 Å². The number of sulfonamides is 1.